The van der Waals surface area contributed by atoms with Crippen LogP contribution in [-0.4, -0.2) is 17.2 Å². The molecule has 1 unspecified atom stereocenters. The van der Waals surface area contributed by atoms with Crippen LogP contribution in [0.1, 0.15) is 40.0 Å². The summed E-state index contributed by atoms with van der Waals surface area (Å²) >= 11 is 5.16. The molecule has 1 atom stereocenters. The zero-order valence-corrected chi connectivity index (χ0v) is 9.58. The van der Waals surface area contributed by atoms with Gasteiger partial charge in [-0.3, -0.25) is 0 Å². The minimum atomic E-state index is 0.424. The van der Waals surface area contributed by atoms with Crippen LogP contribution in [0.15, 0.2) is 0 Å². The molecule has 0 amide bonds. The van der Waals surface area contributed by atoms with E-state index in [9.17, 15) is 0 Å². The van der Waals surface area contributed by atoms with Gasteiger partial charge in [0.05, 0.1) is 0 Å². The molecule has 13 heavy (non-hydrogen) atoms. The molecule has 0 bridgehead atoms. The van der Waals surface area contributed by atoms with Crippen LogP contribution < -0.4 is 10.6 Å². The Labute approximate surface area is 86.5 Å². The number of nitrogens with one attached hydrogen (secondary N) is 2. The van der Waals surface area contributed by atoms with E-state index in [1.807, 2.05) is 0 Å². The van der Waals surface area contributed by atoms with Crippen molar-refractivity contribution in [3.05, 3.63) is 0 Å². The van der Waals surface area contributed by atoms with Crippen molar-refractivity contribution in [3.63, 3.8) is 0 Å². The Balaban J connectivity index is 2.10. The highest BCUT2D eigenvalue weighted by Crippen LogP contribution is 2.33. The molecule has 2 N–H and O–H groups in total. The van der Waals surface area contributed by atoms with E-state index in [-0.39, 0.29) is 0 Å². The van der Waals surface area contributed by atoms with E-state index in [1.165, 1.54) is 19.3 Å². The normalized spacial score (nSPS) is 18.5. The molecule has 0 spiro atoms. The lowest BCUT2D eigenvalue weighted by atomic mass is 10.2. The second-order valence-corrected chi connectivity index (χ2v) is 4.76. The topological polar surface area (TPSA) is 24.1 Å². The number of hydrogen-bond donors (Lipinski definition) is 2. The van der Waals surface area contributed by atoms with Crippen LogP contribution in [0.25, 0.3) is 0 Å². The van der Waals surface area contributed by atoms with Gasteiger partial charge in [-0.05, 0) is 45.3 Å². The van der Waals surface area contributed by atoms with Crippen LogP contribution in [0, 0.1) is 5.92 Å². The molecule has 1 rings (SSSR count). The molecule has 1 aliphatic carbocycles. The minimum absolute atomic E-state index is 0.424. The van der Waals surface area contributed by atoms with Crippen molar-refractivity contribution >= 4 is 17.3 Å². The summed E-state index contributed by atoms with van der Waals surface area (Å²) in [6, 6.07) is 0.944. The van der Waals surface area contributed by atoms with Gasteiger partial charge in [0, 0.05) is 12.1 Å². The largest absolute Gasteiger partial charge is 0.361 e. The standard InChI is InChI=1S/C10H20N2S/c1-7(2)11-10(13)12-8(3)6-9-4-5-9/h7-9H,4-6H2,1-3H3,(H2,11,12,13). The van der Waals surface area contributed by atoms with E-state index < -0.39 is 0 Å². The zero-order chi connectivity index (χ0) is 9.84. The van der Waals surface area contributed by atoms with Gasteiger partial charge in [-0.1, -0.05) is 12.8 Å². The van der Waals surface area contributed by atoms with Crippen molar-refractivity contribution in [1.29, 1.82) is 0 Å². The van der Waals surface area contributed by atoms with E-state index in [4.69, 9.17) is 12.2 Å². The van der Waals surface area contributed by atoms with Crippen LogP contribution in [0.5, 0.6) is 0 Å². The van der Waals surface area contributed by atoms with E-state index in [1.54, 1.807) is 0 Å². The van der Waals surface area contributed by atoms with Gasteiger partial charge >= 0.3 is 0 Å². The summed E-state index contributed by atoms with van der Waals surface area (Å²) in [5.74, 6) is 0.962. The average molecular weight is 200 g/mol. The summed E-state index contributed by atoms with van der Waals surface area (Å²) in [5.41, 5.74) is 0. The Morgan fingerprint density at radius 3 is 2.38 bits per heavy atom. The van der Waals surface area contributed by atoms with Gasteiger partial charge in [0.1, 0.15) is 0 Å². The summed E-state index contributed by atoms with van der Waals surface area (Å²) in [4.78, 5) is 0. The van der Waals surface area contributed by atoms with Gasteiger partial charge < -0.3 is 10.6 Å². The molecular formula is C10H20N2S. The number of rotatable bonds is 4. The van der Waals surface area contributed by atoms with Gasteiger partial charge in [-0.2, -0.15) is 0 Å². The Hall–Kier alpha value is -0.310. The minimum Gasteiger partial charge on any atom is -0.361 e. The molecule has 1 aliphatic rings. The van der Waals surface area contributed by atoms with Crippen molar-refractivity contribution in [1.82, 2.24) is 10.6 Å². The second-order valence-electron chi connectivity index (χ2n) is 4.35. The first-order chi connectivity index (χ1) is 6.08. The zero-order valence-electron chi connectivity index (χ0n) is 8.76. The Morgan fingerprint density at radius 1 is 1.31 bits per heavy atom. The van der Waals surface area contributed by atoms with Crippen LogP contribution >= 0.6 is 12.2 Å². The first kappa shape index (κ1) is 10.8. The fourth-order valence-electron chi connectivity index (χ4n) is 1.44. The second kappa shape index (κ2) is 4.80. The van der Waals surface area contributed by atoms with E-state index in [2.05, 4.69) is 31.4 Å². The number of hydrogen-bond acceptors (Lipinski definition) is 1. The fourth-order valence-corrected chi connectivity index (χ4v) is 1.88. The first-order valence-corrected chi connectivity index (χ1v) is 5.55. The lowest BCUT2D eigenvalue weighted by molar-refractivity contribution is 0.553. The van der Waals surface area contributed by atoms with Crippen LogP contribution in [0.2, 0.25) is 0 Å². The third kappa shape index (κ3) is 5.09. The van der Waals surface area contributed by atoms with Crippen LogP contribution in [0.4, 0.5) is 0 Å². The molecule has 2 nitrogen and oxygen atoms in total. The molecule has 1 fully saturated rings. The van der Waals surface area contributed by atoms with Gasteiger partial charge in [0.2, 0.25) is 0 Å². The highest BCUT2D eigenvalue weighted by molar-refractivity contribution is 7.80. The van der Waals surface area contributed by atoms with Crippen molar-refractivity contribution in [2.24, 2.45) is 5.92 Å². The Bertz CT molecular complexity index is 176. The maximum absolute atomic E-state index is 5.16. The van der Waals surface area contributed by atoms with Crippen molar-refractivity contribution in [3.8, 4) is 0 Å². The summed E-state index contributed by atoms with van der Waals surface area (Å²) < 4.78 is 0. The van der Waals surface area contributed by atoms with Gasteiger partial charge in [-0.15, -0.1) is 0 Å². The SMILES string of the molecule is CC(C)NC(=S)NC(C)CC1CC1. The predicted octanol–water partition coefficient (Wildman–Crippen LogP) is 2.05. The lowest BCUT2D eigenvalue weighted by Crippen LogP contribution is -2.43. The maximum Gasteiger partial charge on any atom is 0.166 e. The molecular weight excluding hydrogens is 180 g/mol. The predicted molar refractivity (Wildman–Crippen MR) is 60.8 cm³/mol. The third-order valence-electron chi connectivity index (χ3n) is 2.18. The molecule has 0 aromatic rings. The van der Waals surface area contributed by atoms with E-state index in [0.29, 0.717) is 12.1 Å². The van der Waals surface area contributed by atoms with Crippen molar-refractivity contribution in [2.45, 2.75) is 52.1 Å². The lowest BCUT2D eigenvalue weighted by Gasteiger charge is -2.18. The average Bonchev–Trinajstić information content (AvgIpc) is 2.67. The molecule has 0 radical (unpaired) electrons. The Kier molecular flexibility index (Phi) is 3.97. The quantitative estimate of drug-likeness (QED) is 0.679. The molecule has 3 heteroatoms. The monoisotopic (exact) mass is 200 g/mol. The summed E-state index contributed by atoms with van der Waals surface area (Å²) in [7, 11) is 0. The highest BCUT2D eigenvalue weighted by atomic mass is 32.1. The van der Waals surface area contributed by atoms with Crippen LogP contribution in [0.3, 0.4) is 0 Å². The maximum atomic E-state index is 5.16. The van der Waals surface area contributed by atoms with E-state index in [0.717, 1.165) is 11.0 Å². The number of thiocarbonyl (C=S) groups is 1. The highest BCUT2D eigenvalue weighted by Gasteiger charge is 2.23. The molecule has 1 saturated carbocycles. The van der Waals surface area contributed by atoms with E-state index >= 15 is 0 Å². The molecule has 76 valence electrons. The van der Waals surface area contributed by atoms with Gasteiger partial charge in [0.15, 0.2) is 5.11 Å². The fraction of sp³-hybridized carbons (Fsp3) is 0.900. The first-order valence-electron chi connectivity index (χ1n) is 5.15. The van der Waals surface area contributed by atoms with Crippen molar-refractivity contribution in [2.75, 3.05) is 0 Å². The molecule has 0 heterocycles. The summed E-state index contributed by atoms with van der Waals surface area (Å²) in [5, 5.41) is 7.29. The molecule has 0 aromatic heterocycles. The smallest absolute Gasteiger partial charge is 0.166 e. The molecule has 0 aromatic carbocycles. The van der Waals surface area contributed by atoms with Crippen LogP contribution in [-0.2, 0) is 0 Å². The van der Waals surface area contributed by atoms with Gasteiger partial charge in [0.25, 0.3) is 0 Å². The molecule has 0 saturated heterocycles. The Morgan fingerprint density at radius 2 is 1.92 bits per heavy atom. The molecule has 0 aliphatic heterocycles. The van der Waals surface area contributed by atoms with Crippen molar-refractivity contribution < 1.29 is 0 Å². The summed E-state index contributed by atoms with van der Waals surface area (Å²) in [6.07, 6.45) is 4.09. The van der Waals surface area contributed by atoms with Gasteiger partial charge in [-0.25, -0.2) is 0 Å². The summed E-state index contributed by atoms with van der Waals surface area (Å²) in [6.45, 7) is 6.39. The third-order valence-corrected chi connectivity index (χ3v) is 2.42.